The molecule has 0 unspecified atom stereocenters. The van der Waals surface area contributed by atoms with Crippen LogP contribution in [0, 0.1) is 0 Å². The van der Waals surface area contributed by atoms with Gasteiger partial charge in [-0.25, -0.2) is 0 Å². The summed E-state index contributed by atoms with van der Waals surface area (Å²) in [6.45, 7) is -0.979. The van der Waals surface area contributed by atoms with Crippen LogP contribution >= 0.6 is 0 Å². The van der Waals surface area contributed by atoms with Gasteiger partial charge in [0.25, 0.3) is 6.47 Å². The Bertz CT molecular complexity index is 319. The Morgan fingerprint density at radius 1 is 0.680 bits per heavy atom. The van der Waals surface area contributed by atoms with Crippen molar-refractivity contribution in [3.05, 3.63) is 0 Å². The molecule has 13 heteroatoms. The van der Waals surface area contributed by atoms with E-state index in [4.69, 9.17) is 45.6 Å². The van der Waals surface area contributed by atoms with Crippen molar-refractivity contribution in [2.24, 2.45) is 0 Å². The number of aliphatic carboxylic acids is 4. The highest BCUT2D eigenvalue weighted by Crippen LogP contribution is 1.86. The molecule has 0 amide bonds. The molecule has 0 saturated heterocycles. The van der Waals surface area contributed by atoms with Gasteiger partial charge in [0.15, 0.2) is 0 Å². The standard InChI is InChI=1S/2C4H6O4.C3H8O3.CH2O2/c2*5-3(6)1-2-4(7)8;4-1-3(6)2-5;2-1-3/h2*1-2H2,(H,5,6)(H,7,8);3-6H,1-2H2;1H,(H,2,3). The second-order valence-corrected chi connectivity index (χ2v) is 3.70. The van der Waals surface area contributed by atoms with Gasteiger partial charge in [0.1, 0.15) is 6.10 Å². The van der Waals surface area contributed by atoms with Crippen molar-refractivity contribution in [2.75, 3.05) is 13.2 Å². The molecule has 0 bridgehead atoms. The maximum atomic E-state index is 9.64. The Balaban J connectivity index is -0.000000124. The minimum atomic E-state index is -1.08. The molecule has 148 valence electrons. The van der Waals surface area contributed by atoms with E-state index in [0.717, 1.165) is 0 Å². The maximum absolute atomic E-state index is 9.64. The number of carbonyl (C=O) groups is 5. The van der Waals surface area contributed by atoms with Gasteiger partial charge in [0.2, 0.25) is 0 Å². The molecule has 0 aromatic rings. The average Bonchev–Trinajstić information content (AvgIpc) is 2.52. The van der Waals surface area contributed by atoms with Crippen LogP contribution in [0.1, 0.15) is 25.7 Å². The van der Waals surface area contributed by atoms with Crippen LogP contribution in [-0.2, 0) is 24.0 Å². The third-order valence-electron chi connectivity index (χ3n) is 1.53. The molecule has 8 N–H and O–H groups in total. The molecular formula is C12H22O13. The molecule has 0 spiro atoms. The molecule has 0 radical (unpaired) electrons. The minimum absolute atomic E-state index is 0.250. The Labute approximate surface area is 141 Å². The Morgan fingerprint density at radius 2 is 0.840 bits per heavy atom. The summed E-state index contributed by atoms with van der Waals surface area (Å²) in [7, 11) is 0. The monoisotopic (exact) mass is 374 g/mol. The van der Waals surface area contributed by atoms with E-state index < -0.39 is 30.0 Å². The van der Waals surface area contributed by atoms with E-state index in [1.807, 2.05) is 0 Å². The SMILES string of the molecule is O=C(O)CCC(=O)O.O=C(O)CCC(=O)O.O=CO.OCC(O)CO. The van der Waals surface area contributed by atoms with Crippen molar-refractivity contribution in [1.82, 2.24) is 0 Å². The Morgan fingerprint density at radius 3 is 0.880 bits per heavy atom. The lowest BCUT2D eigenvalue weighted by Crippen LogP contribution is -2.15. The third kappa shape index (κ3) is 62.3. The number of carboxylic acids is 4. The second kappa shape index (κ2) is 23.5. The van der Waals surface area contributed by atoms with E-state index in [1.54, 1.807) is 0 Å². The Hall–Kier alpha value is -2.77. The molecular weight excluding hydrogens is 352 g/mol. The first-order valence-electron chi connectivity index (χ1n) is 6.33. The summed E-state index contributed by atoms with van der Waals surface area (Å²) >= 11 is 0. The van der Waals surface area contributed by atoms with Crippen LogP contribution in [-0.4, -0.2) is 90.5 Å². The number of carboxylic acid groups (broad SMARTS) is 5. The molecule has 0 atom stereocenters. The molecule has 25 heavy (non-hydrogen) atoms. The van der Waals surface area contributed by atoms with Crippen molar-refractivity contribution in [3.8, 4) is 0 Å². The summed E-state index contributed by atoms with van der Waals surface area (Å²) < 4.78 is 0. The summed E-state index contributed by atoms with van der Waals surface area (Å²) in [5.41, 5.74) is 0. The average molecular weight is 374 g/mol. The van der Waals surface area contributed by atoms with Gasteiger partial charge in [0.05, 0.1) is 38.9 Å². The van der Waals surface area contributed by atoms with E-state index >= 15 is 0 Å². The first kappa shape index (κ1) is 30.1. The summed E-state index contributed by atoms with van der Waals surface area (Å²) in [5, 5.41) is 62.5. The number of aliphatic hydroxyl groups excluding tert-OH is 3. The fraction of sp³-hybridized carbons (Fsp3) is 0.583. The maximum Gasteiger partial charge on any atom is 0.303 e. The number of hydrogen-bond acceptors (Lipinski definition) is 8. The van der Waals surface area contributed by atoms with Gasteiger partial charge in [-0.1, -0.05) is 0 Å². The highest BCUT2D eigenvalue weighted by molar-refractivity contribution is 5.75. The molecule has 0 aliphatic carbocycles. The van der Waals surface area contributed by atoms with Gasteiger partial charge < -0.3 is 40.9 Å². The molecule has 0 fully saturated rings. The highest BCUT2D eigenvalue weighted by atomic mass is 16.4. The zero-order chi connectivity index (χ0) is 20.8. The van der Waals surface area contributed by atoms with Crippen LogP contribution in [0.25, 0.3) is 0 Å². The van der Waals surface area contributed by atoms with Gasteiger partial charge in [-0.15, -0.1) is 0 Å². The summed E-state index contributed by atoms with van der Waals surface area (Å²) in [6, 6.07) is 0. The van der Waals surface area contributed by atoms with E-state index in [9.17, 15) is 19.2 Å². The molecule has 0 rings (SSSR count). The summed E-state index contributed by atoms with van der Waals surface area (Å²) in [5.74, 6) is -4.31. The van der Waals surface area contributed by atoms with E-state index in [2.05, 4.69) is 0 Å². The van der Waals surface area contributed by atoms with Gasteiger partial charge in [-0.2, -0.15) is 0 Å². The Kier molecular flexibility index (Phi) is 28.3. The number of hydrogen-bond donors (Lipinski definition) is 8. The van der Waals surface area contributed by atoms with Gasteiger partial charge in [0, 0.05) is 0 Å². The van der Waals surface area contributed by atoms with Gasteiger partial charge in [-0.3, -0.25) is 24.0 Å². The minimum Gasteiger partial charge on any atom is -0.483 e. The van der Waals surface area contributed by atoms with Crippen molar-refractivity contribution in [1.29, 1.82) is 0 Å². The second-order valence-electron chi connectivity index (χ2n) is 3.70. The fourth-order valence-electron chi connectivity index (χ4n) is 0.485. The van der Waals surface area contributed by atoms with Crippen LogP contribution in [0.3, 0.4) is 0 Å². The molecule has 0 aromatic heterocycles. The third-order valence-corrected chi connectivity index (χ3v) is 1.53. The normalized spacial score (nSPS) is 8.32. The number of aliphatic hydroxyl groups is 3. The lowest BCUT2D eigenvalue weighted by Gasteiger charge is -1.96. The largest absolute Gasteiger partial charge is 0.483 e. The van der Waals surface area contributed by atoms with Crippen LogP contribution in [0.15, 0.2) is 0 Å². The van der Waals surface area contributed by atoms with Crippen molar-refractivity contribution in [2.45, 2.75) is 31.8 Å². The van der Waals surface area contributed by atoms with Crippen LogP contribution in [0.2, 0.25) is 0 Å². The van der Waals surface area contributed by atoms with E-state index in [-0.39, 0.29) is 45.4 Å². The zero-order valence-corrected chi connectivity index (χ0v) is 13.0. The van der Waals surface area contributed by atoms with E-state index in [0.29, 0.717) is 0 Å². The highest BCUT2D eigenvalue weighted by Gasteiger charge is 2.01. The van der Waals surface area contributed by atoms with Gasteiger partial charge in [-0.05, 0) is 0 Å². The topological polar surface area (TPSA) is 247 Å². The van der Waals surface area contributed by atoms with Crippen molar-refractivity contribution >= 4 is 30.3 Å². The predicted molar refractivity (Wildman–Crippen MR) is 77.9 cm³/mol. The van der Waals surface area contributed by atoms with Crippen molar-refractivity contribution < 1.29 is 64.8 Å². The first-order chi connectivity index (χ1) is 11.5. The lowest BCUT2D eigenvalue weighted by atomic mass is 10.3. The number of rotatable bonds is 8. The lowest BCUT2D eigenvalue weighted by molar-refractivity contribution is -0.143. The molecule has 0 aliphatic heterocycles. The first-order valence-corrected chi connectivity index (χ1v) is 6.33. The summed E-state index contributed by atoms with van der Waals surface area (Å²) in [4.78, 5) is 46.9. The molecule has 0 aromatic carbocycles. The fourth-order valence-corrected chi connectivity index (χ4v) is 0.485. The van der Waals surface area contributed by atoms with Crippen LogP contribution in [0.4, 0.5) is 0 Å². The van der Waals surface area contributed by atoms with E-state index in [1.165, 1.54) is 0 Å². The summed E-state index contributed by atoms with van der Waals surface area (Å²) in [6.07, 6.45) is -2.14. The van der Waals surface area contributed by atoms with Crippen molar-refractivity contribution in [3.63, 3.8) is 0 Å². The molecule has 0 heterocycles. The molecule has 13 nitrogen and oxygen atoms in total. The molecule has 0 aliphatic rings. The smallest absolute Gasteiger partial charge is 0.303 e. The van der Waals surface area contributed by atoms with Crippen LogP contribution < -0.4 is 0 Å². The molecule has 0 saturated carbocycles. The predicted octanol–water partition coefficient (Wildman–Crippen LogP) is -2.10. The quantitative estimate of drug-likeness (QED) is 0.212. The van der Waals surface area contributed by atoms with Crippen LogP contribution in [0.5, 0.6) is 0 Å². The zero-order valence-electron chi connectivity index (χ0n) is 13.0. The van der Waals surface area contributed by atoms with Gasteiger partial charge >= 0.3 is 23.9 Å².